The third-order valence-corrected chi connectivity index (χ3v) is 5.23. The summed E-state index contributed by atoms with van der Waals surface area (Å²) >= 11 is 0. The van der Waals surface area contributed by atoms with Crippen molar-refractivity contribution in [1.29, 1.82) is 0 Å². The Morgan fingerprint density at radius 3 is 2.59 bits per heavy atom. The van der Waals surface area contributed by atoms with E-state index in [4.69, 9.17) is 4.74 Å². The minimum Gasteiger partial charge on any atom is -0.382 e. The number of halogens is 3. The van der Waals surface area contributed by atoms with Crippen LogP contribution in [0, 0.1) is 0 Å². The molecule has 1 aliphatic carbocycles. The number of hydrogen-bond donors (Lipinski definition) is 1. The lowest BCUT2D eigenvalue weighted by Gasteiger charge is -2.24. The predicted molar refractivity (Wildman–Crippen MR) is 98.7 cm³/mol. The van der Waals surface area contributed by atoms with Crippen LogP contribution in [0.25, 0.3) is 22.0 Å². The number of fused-ring (bicyclic) bond motifs is 5. The van der Waals surface area contributed by atoms with Crippen LogP contribution >= 0.6 is 0 Å². The van der Waals surface area contributed by atoms with Crippen LogP contribution in [-0.4, -0.2) is 40.0 Å². The zero-order valence-electron chi connectivity index (χ0n) is 15.1. The van der Waals surface area contributed by atoms with E-state index in [-0.39, 0.29) is 17.3 Å². The lowest BCUT2D eigenvalue weighted by Crippen LogP contribution is -2.27. The van der Waals surface area contributed by atoms with Crippen LogP contribution in [-0.2, 0) is 10.9 Å². The van der Waals surface area contributed by atoms with Gasteiger partial charge in [-0.1, -0.05) is 0 Å². The molecule has 0 saturated carbocycles. The number of alkyl halides is 3. The van der Waals surface area contributed by atoms with Gasteiger partial charge in [0.2, 0.25) is 11.6 Å². The van der Waals surface area contributed by atoms with E-state index in [2.05, 4.69) is 20.3 Å². The molecule has 2 aliphatic rings. The van der Waals surface area contributed by atoms with Gasteiger partial charge in [-0.3, -0.25) is 9.78 Å². The number of carbonyl (C=O) groups excluding carboxylic acids is 1. The second-order valence-corrected chi connectivity index (χ2v) is 7.09. The Morgan fingerprint density at radius 1 is 1.07 bits per heavy atom. The standard InChI is InChI=1S/C20H15F3N4O2/c21-20(22,23)19-25-8-13-16-12-7-11(26-10-3-5-29-6-4-10)1-2-15(12)24-9-14(16)18(28)17(13)27-19/h1-2,7-10,26H,3-6H2. The second-order valence-electron chi connectivity index (χ2n) is 7.09. The molecule has 1 aromatic carbocycles. The first-order valence-corrected chi connectivity index (χ1v) is 9.18. The minimum atomic E-state index is -4.72. The van der Waals surface area contributed by atoms with Crippen LogP contribution in [0.4, 0.5) is 18.9 Å². The van der Waals surface area contributed by atoms with Gasteiger partial charge in [0.25, 0.3) is 0 Å². The zero-order valence-corrected chi connectivity index (χ0v) is 15.1. The van der Waals surface area contributed by atoms with Gasteiger partial charge in [0.05, 0.1) is 11.1 Å². The fourth-order valence-corrected chi connectivity index (χ4v) is 3.82. The van der Waals surface area contributed by atoms with E-state index in [1.165, 1.54) is 6.20 Å². The number of pyridine rings is 1. The molecule has 1 aliphatic heterocycles. The molecule has 148 valence electrons. The third kappa shape index (κ3) is 3.02. The molecule has 0 atom stereocenters. The summed E-state index contributed by atoms with van der Waals surface area (Å²) in [6.07, 6.45) is -0.476. The number of anilines is 1. The van der Waals surface area contributed by atoms with E-state index >= 15 is 0 Å². The van der Waals surface area contributed by atoms with Gasteiger partial charge in [0, 0.05) is 53.8 Å². The van der Waals surface area contributed by atoms with E-state index in [1.54, 1.807) is 0 Å². The topological polar surface area (TPSA) is 77.0 Å². The molecule has 5 rings (SSSR count). The number of ether oxygens (including phenoxy) is 1. The summed E-state index contributed by atoms with van der Waals surface area (Å²) in [4.78, 5) is 23.9. The van der Waals surface area contributed by atoms with Crippen molar-refractivity contribution in [1.82, 2.24) is 15.0 Å². The first kappa shape index (κ1) is 18.0. The number of hydrogen-bond acceptors (Lipinski definition) is 6. The molecule has 2 aromatic heterocycles. The predicted octanol–water partition coefficient (Wildman–Crippen LogP) is 3.85. The van der Waals surface area contributed by atoms with Gasteiger partial charge in [-0.15, -0.1) is 0 Å². The smallest absolute Gasteiger partial charge is 0.382 e. The molecule has 1 fully saturated rings. The van der Waals surface area contributed by atoms with Crippen molar-refractivity contribution in [3.8, 4) is 11.1 Å². The van der Waals surface area contributed by atoms with Gasteiger partial charge in [-0.25, -0.2) is 9.97 Å². The van der Waals surface area contributed by atoms with E-state index in [0.717, 1.165) is 24.7 Å². The summed E-state index contributed by atoms with van der Waals surface area (Å²) in [5.41, 5.74) is 2.33. The van der Waals surface area contributed by atoms with Crippen LogP contribution in [0.1, 0.15) is 34.7 Å². The van der Waals surface area contributed by atoms with Crippen molar-refractivity contribution >= 4 is 22.4 Å². The summed E-state index contributed by atoms with van der Waals surface area (Å²) in [5, 5.41) is 4.13. The van der Waals surface area contributed by atoms with Gasteiger partial charge >= 0.3 is 6.18 Å². The summed E-state index contributed by atoms with van der Waals surface area (Å²) in [5.74, 6) is -1.89. The van der Waals surface area contributed by atoms with Gasteiger partial charge in [-0.2, -0.15) is 13.2 Å². The lowest BCUT2D eigenvalue weighted by atomic mass is 10.0. The Balaban J connectivity index is 1.62. The number of nitrogens with zero attached hydrogens (tertiary/aromatic N) is 3. The number of carbonyl (C=O) groups is 1. The minimum absolute atomic E-state index is 0.237. The lowest BCUT2D eigenvalue weighted by molar-refractivity contribution is -0.145. The van der Waals surface area contributed by atoms with E-state index in [9.17, 15) is 18.0 Å². The molecule has 29 heavy (non-hydrogen) atoms. The summed E-state index contributed by atoms with van der Waals surface area (Å²) in [6.45, 7) is 1.39. The van der Waals surface area contributed by atoms with Gasteiger partial charge < -0.3 is 10.1 Å². The maximum atomic E-state index is 13.0. The van der Waals surface area contributed by atoms with Crippen LogP contribution < -0.4 is 5.32 Å². The van der Waals surface area contributed by atoms with E-state index in [0.29, 0.717) is 35.2 Å². The fourth-order valence-electron chi connectivity index (χ4n) is 3.82. The fraction of sp³-hybridized carbons (Fsp3) is 0.300. The normalized spacial score (nSPS) is 16.7. The van der Waals surface area contributed by atoms with E-state index < -0.39 is 17.8 Å². The van der Waals surface area contributed by atoms with E-state index in [1.807, 2.05) is 18.2 Å². The Bertz CT molecular complexity index is 1140. The molecule has 3 heterocycles. The highest BCUT2D eigenvalue weighted by Gasteiger charge is 2.38. The van der Waals surface area contributed by atoms with Crippen molar-refractivity contribution in [3.05, 3.63) is 47.7 Å². The molecule has 1 N–H and O–H groups in total. The Kier molecular flexibility index (Phi) is 4.02. The van der Waals surface area contributed by atoms with Crippen LogP contribution in [0.15, 0.2) is 30.6 Å². The number of benzene rings is 1. The van der Waals surface area contributed by atoms with Crippen molar-refractivity contribution in [2.75, 3.05) is 18.5 Å². The van der Waals surface area contributed by atoms with Crippen molar-refractivity contribution in [2.45, 2.75) is 25.1 Å². The number of nitrogens with one attached hydrogen (secondary N) is 1. The van der Waals surface area contributed by atoms with Gasteiger partial charge in [-0.05, 0) is 31.0 Å². The summed E-state index contributed by atoms with van der Waals surface area (Å²) in [7, 11) is 0. The number of ketones is 1. The largest absolute Gasteiger partial charge is 0.451 e. The monoisotopic (exact) mass is 400 g/mol. The summed E-state index contributed by atoms with van der Waals surface area (Å²) < 4.78 is 44.3. The Hall–Kier alpha value is -3.07. The molecule has 0 radical (unpaired) electrons. The molecule has 0 spiro atoms. The van der Waals surface area contributed by atoms with Crippen LogP contribution in [0.5, 0.6) is 0 Å². The highest BCUT2D eigenvalue weighted by molar-refractivity contribution is 6.24. The average Bonchev–Trinajstić information content (AvgIpc) is 3.00. The molecule has 0 bridgehead atoms. The van der Waals surface area contributed by atoms with Crippen LogP contribution in [0.3, 0.4) is 0 Å². The number of rotatable bonds is 2. The molecule has 0 unspecified atom stereocenters. The molecule has 0 amide bonds. The first-order chi connectivity index (χ1) is 13.9. The zero-order chi connectivity index (χ0) is 20.2. The maximum absolute atomic E-state index is 13.0. The maximum Gasteiger partial charge on any atom is 0.451 e. The molecule has 1 saturated heterocycles. The van der Waals surface area contributed by atoms with Crippen molar-refractivity contribution < 1.29 is 22.7 Å². The van der Waals surface area contributed by atoms with Gasteiger partial charge in [0.15, 0.2) is 0 Å². The number of aromatic nitrogens is 3. The average molecular weight is 400 g/mol. The SMILES string of the molecule is O=C1c2cnc3ccc(NC4CCOCC4)cc3c2-c2cnc(C(F)(F)F)nc21. The van der Waals surface area contributed by atoms with Crippen molar-refractivity contribution in [2.24, 2.45) is 0 Å². The summed E-state index contributed by atoms with van der Waals surface area (Å²) in [6, 6.07) is 5.87. The highest BCUT2D eigenvalue weighted by atomic mass is 19.4. The van der Waals surface area contributed by atoms with Crippen molar-refractivity contribution in [3.63, 3.8) is 0 Å². The third-order valence-electron chi connectivity index (χ3n) is 5.23. The Labute approximate surface area is 163 Å². The quantitative estimate of drug-likeness (QED) is 0.551. The molecular weight excluding hydrogens is 385 g/mol. The molecular formula is C20H15F3N4O2. The first-order valence-electron chi connectivity index (χ1n) is 9.18. The molecule has 9 heteroatoms. The Morgan fingerprint density at radius 2 is 1.83 bits per heavy atom. The second kappa shape index (κ2) is 6.48. The highest BCUT2D eigenvalue weighted by Crippen LogP contribution is 2.41. The van der Waals surface area contributed by atoms with Gasteiger partial charge in [0.1, 0.15) is 5.69 Å². The molecule has 6 nitrogen and oxygen atoms in total. The molecule has 3 aromatic rings. The van der Waals surface area contributed by atoms with Crippen LogP contribution in [0.2, 0.25) is 0 Å².